The first-order chi connectivity index (χ1) is 16.3. The lowest BCUT2D eigenvalue weighted by Crippen LogP contribution is -2.41. The molecule has 0 aliphatic heterocycles. The number of hydrogen-bond acceptors (Lipinski definition) is 5. The van der Waals surface area contributed by atoms with E-state index in [1.807, 2.05) is 20.8 Å². The molecule has 1 amide bonds. The summed E-state index contributed by atoms with van der Waals surface area (Å²) in [5.41, 5.74) is -0.412. The summed E-state index contributed by atoms with van der Waals surface area (Å²) < 4.78 is 19.0. The summed E-state index contributed by atoms with van der Waals surface area (Å²) in [7, 11) is 1.61. The van der Waals surface area contributed by atoms with Gasteiger partial charge in [-0.3, -0.25) is 4.79 Å². The third kappa shape index (κ3) is 7.62. The van der Waals surface area contributed by atoms with E-state index in [9.17, 15) is 14.7 Å². The van der Waals surface area contributed by atoms with Crippen molar-refractivity contribution in [3.8, 4) is 11.5 Å². The van der Waals surface area contributed by atoms with E-state index in [2.05, 4.69) is 33.0 Å². The van der Waals surface area contributed by atoms with Gasteiger partial charge in [0.2, 0.25) is 0 Å². The number of ether oxygens (including phenoxy) is 3. The largest absolute Gasteiger partial charge is 0.491 e. The number of unbranched alkanes of at least 4 members (excludes halogenated alkanes) is 1. The molecule has 0 saturated heterocycles. The summed E-state index contributed by atoms with van der Waals surface area (Å²) in [5, 5.41) is 13.5. The Kier molecular flexibility index (Phi) is 9.60. The van der Waals surface area contributed by atoms with Crippen molar-refractivity contribution < 1.29 is 24.1 Å². The molecule has 2 aromatic rings. The summed E-state index contributed by atoms with van der Waals surface area (Å²) in [6.45, 7) is 15.7. The van der Waals surface area contributed by atoms with Crippen LogP contribution in [0, 0.1) is 10.8 Å². The van der Waals surface area contributed by atoms with Gasteiger partial charge in [-0.25, -0.2) is 4.79 Å². The number of methoxy groups -OCH3 is 1. The second kappa shape index (κ2) is 11.8. The molecule has 0 bridgehead atoms. The Morgan fingerprint density at radius 1 is 1.06 bits per heavy atom. The quantitative estimate of drug-likeness (QED) is 0.398. The predicted molar refractivity (Wildman–Crippen MR) is 139 cm³/mol. The number of carbonyl (C=O) groups is 1. The fourth-order valence-corrected chi connectivity index (χ4v) is 3.95. The van der Waals surface area contributed by atoms with Gasteiger partial charge in [-0.15, -0.1) is 0 Å². The SMILES string of the molecule is CCCCOc1c(C(NC(=O)O)C(C)(C)C)n(CC(C)(C)C)c(=O)c2ccc(OCCOC)cc12. The number of pyridine rings is 1. The Morgan fingerprint density at radius 3 is 2.29 bits per heavy atom. The normalized spacial score (nSPS) is 13.0. The molecule has 35 heavy (non-hydrogen) atoms. The van der Waals surface area contributed by atoms with Gasteiger partial charge in [-0.05, 0) is 35.4 Å². The minimum Gasteiger partial charge on any atom is -0.491 e. The number of amides is 1. The van der Waals surface area contributed by atoms with Crippen molar-refractivity contribution in [2.75, 3.05) is 26.9 Å². The van der Waals surface area contributed by atoms with E-state index in [1.165, 1.54) is 0 Å². The van der Waals surface area contributed by atoms with E-state index in [0.29, 0.717) is 54.3 Å². The molecular weight excluding hydrogens is 448 g/mol. The number of hydrogen-bond donors (Lipinski definition) is 2. The molecule has 1 aromatic carbocycles. The van der Waals surface area contributed by atoms with Gasteiger partial charge in [0, 0.05) is 19.0 Å². The molecule has 8 nitrogen and oxygen atoms in total. The highest BCUT2D eigenvalue weighted by atomic mass is 16.5. The lowest BCUT2D eigenvalue weighted by molar-refractivity contribution is 0.146. The maximum Gasteiger partial charge on any atom is 0.405 e. The van der Waals surface area contributed by atoms with E-state index < -0.39 is 17.6 Å². The molecule has 0 saturated carbocycles. The monoisotopic (exact) mass is 490 g/mol. The summed E-state index contributed by atoms with van der Waals surface area (Å²) in [4.78, 5) is 25.7. The number of rotatable bonds is 11. The number of nitrogens with zero attached hydrogens (tertiary/aromatic N) is 1. The molecule has 0 fully saturated rings. The van der Waals surface area contributed by atoms with Crippen LogP contribution in [0.25, 0.3) is 10.8 Å². The highest BCUT2D eigenvalue weighted by molar-refractivity contribution is 5.90. The zero-order chi connectivity index (χ0) is 26.4. The van der Waals surface area contributed by atoms with Crippen LogP contribution in [-0.4, -0.2) is 42.7 Å². The van der Waals surface area contributed by atoms with Crippen molar-refractivity contribution in [2.45, 2.75) is 73.9 Å². The first-order valence-electron chi connectivity index (χ1n) is 12.2. The highest BCUT2D eigenvalue weighted by Crippen LogP contribution is 2.41. The first-order valence-corrected chi connectivity index (χ1v) is 12.2. The Labute approximate surface area is 208 Å². The highest BCUT2D eigenvalue weighted by Gasteiger charge is 2.35. The Balaban J connectivity index is 2.94. The molecule has 8 heteroatoms. The van der Waals surface area contributed by atoms with Crippen LogP contribution in [0.2, 0.25) is 0 Å². The Bertz CT molecular complexity index is 1060. The zero-order valence-corrected chi connectivity index (χ0v) is 22.5. The average Bonchev–Trinajstić information content (AvgIpc) is 2.74. The molecule has 1 heterocycles. The van der Waals surface area contributed by atoms with Gasteiger partial charge in [0.15, 0.2) is 0 Å². The van der Waals surface area contributed by atoms with Gasteiger partial charge in [-0.1, -0.05) is 54.9 Å². The summed E-state index contributed by atoms with van der Waals surface area (Å²) in [6.07, 6.45) is 0.614. The number of carboxylic acid groups (broad SMARTS) is 1. The van der Waals surface area contributed by atoms with Crippen molar-refractivity contribution in [3.63, 3.8) is 0 Å². The minimum atomic E-state index is -1.16. The van der Waals surface area contributed by atoms with E-state index in [1.54, 1.807) is 29.9 Å². The van der Waals surface area contributed by atoms with E-state index in [-0.39, 0.29) is 11.0 Å². The lowest BCUT2D eigenvalue weighted by Gasteiger charge is -2.35. The lowest BCUT2D eigenvalue weighted by atomic mass is 9.83. The van der Waals surface area contributed by atoms with Gasteiger partial charge in [0.1, 0.15) is 18.1 Å². The molecule has 0 spiro atoms. The third-order valence-corrected chi connectivity index (χ3v) is 5.57. The molecule has 1 unspecified atom stereocenters. The van der Waals surface area contributed by atoms with Crippen molar-refractivity contribution in [3.05, 3.63) is 34.2 Å². The number of nitrogens with one attached hydrogen (secondary N) is 1. The maximum atomic E-state index is 13.9. The van der Waals surface area contributed by atoms with Gasteiger partial charge < -0.3 is 29.2 Å². The predicted octanol–water partition coefficient (Wildman–Crippen LogP) is 5.61. The Morgan fingerprint density at radius 2 is 1.74 bits per heavy atom. The average molecular weight is 491 g/mol. The van der Waals surface area contributed by atoms with Crippen LogP contribution < -0.4 is 20.3 Å². The van der Waals surface area contributed by atoms with Crippen LogP contribution in [-0.2, 0) is 11.3 Å². The molecule has 1 aromatic heterocycles. The molecule has 0 aliphatic carbocycles. The number of fused-ring (bicyclic) bond motifs is 1. The van der Waals surface area contributed by atoms with Gasteiger partial charge >= 0.3 is 6.09 Å². The topological polar surface area (TPSA) is 99.0 Å². The first kappa shape index (κ1) is 28.5. The second-order valence-corrected chi connectivity index (χ2v) is 11.2. The van der Waals surface area contributed by atoms with Crippen molar-refractivity contribution >= 4 is 16.9 Å². The zero-order valence-electron chi connectivity index (χ0n) is 22.5. The van der Waals surface area contributed by atoms with Crippen LogP contribution in [0.5, 0.6) is 11.5 Å². The smallest absolute Gasteiger partial charge is 0.405 e. The van der Waals surface area contributed by atoms with Gasteiger partial charge in [-0.2, -0.15) is 0 Å². The van der Waals surface area contributed by atoms with Gasteiger partial charge in [0.25, 0.3) is 5.56 Å². The number of aromatic nitrogens is 1. The van der Waals surface area contributed by atoms with E-state index in [4.69, 9.17) is 14.2 Å². The molecular formula is C27H42N2O6. The van der Waals surface area contributed by atoms with Crippen molar-refractivity contribution in [1.82, 2.24) is 9.88 Å². The van der Waals surface area contributed by atoms with E-state index >= 15 is 0 Å². The standard InChI is InChI=1S/C27H42N2O6/c1-9-10-13-35-22-20-16-18(34-15-14-33-8)11-12-19(20)24(30)29(17-26(2,3)4)21(22)23(27(5,6)7)28-25(31)32/h11-12,16,23,28H,9-10,13-15,17H2,1-8H3,(H,31,32). The second-order valence-electron chi connectivity index (χ2n) is 11.2. The van der Waals surface area contributed by atoms with Crippen molar-refractivity contribution in [1.29, 1.82) is 0 Å². The van der Waals surface area contributed by atoms with Crippen LogP contribution in [0.1, 0.15) is 73.0 Å². The molecule has 1 atom stereocenters. The fourth-order valence-electron chi connectivity index (χ4n) is 3.95. The van der Waals surface area contributed by atoms with Crippen LogP contribution in [0.15, 0.2) is 23.0 Å². The van der Waals surface area contributed by atoms with Crippen LogP contribution in [0.3, 0.4) is 0 Å². The van der Waals surface area contributed by atoms with Crippen LogP contribution in [0.4, 0.5) is 4.79 Å². The van der Waals surface area contributed by atoms with Crippen molar-refractivity contribution in [2.24, 2.45) is 10.8 Å². The van der Waals surface area contributed by atoms with E-state index in [0.717, 1.165) is 12.8 Å². The minimum absolute atomic E-state index is 0.183. The molecule has 2 rings (SSSR count). The molecule has 0 radical (unpaired) electrons. The summed E-state index contributed by atoms with van der Waals surface area (Å²) >= 11 is 0. The summed E-state index contributed by atoms with van der Waals surface area (Å²) in [6, 6.07) is 4.65. The fraction of sp³-hybridized carbons (Fsp3) is 0.630. The number of benzene rings is 1. The van der Waals surface area contributed by atoms with Crippen LogP contribution >= 0.6 is 0 Å². The maximum absolute atomic E-state index is 13.9. The summed E-state index contributed by atoms with van der Waals surface area (Å²) in [5.74, 6) is 1.11. The van der Waals surface area contributed by atoms with Gasteiger partial charge in [0.05, 0.1) is 30.3 Å². The third-order valence-electron chi connectivity index (χ3n) is 5.57. The molecule has 196 valence electrons. The molecule has 0 aliphatic rings. The Hall–Kier alpha value is -2.74. The molecule has 2 N–H and O–H groups in total.